The van der Waals surface area contributed by atoms with Crippen LogP contribution in [0.5, 0.6) is 0 Å². The second-order valence-electron chi connectivity index (χ2n) is 3.95. The Morgan fingerprint density at radius 1 is 1.71 bits per heavy atom. The molecular formula is C10H14N4O2S. The Labute approximate surface area is 102 Å². The number of hydrogen-bond acceptors (Lipinski definition) is 5. The molecule has 7 heteroatoms. The van der Waals surface area contributed by atoms with Crippen molar-refractivity contribution < 1.29 is 4.92 Å². The van der Waals surface area contributed by atoms with Gasteiger partial charge in [-0.25, -0.2) is 0 Å². The number of rotatable bonds is 5. The third-order valence-electron chi connectivity index (χ3n) is 2.59. The lowest BCUT2D eigenvalue weighted by atomic mass is 10.1. The SMILES string of the molecule is CCCC(N)Cc1nc2sccn2c1[N+](=O)[O-]. The van der Waals surface area contributed by atoms with E-state index in [1.165, 1.54) is 15.7 Å². The molecule has 0 fully saturated rings. The van der Waals surface area contributed by atoms with Gasteiger partial charge in [-0.2, -0.15) is 9.38 Å². The molecule has 2 rings (SSSR count). The van der Waals surface area contributed by atoms with E-state index >= 15 is 0 Å². The molecule has 17 heavy (non-hydrogen) atoms. The molecular weight excluding hydrogens is 240 g/mol. The van der Waals surface area contributed by atoms with Gasteiger partial charge in [0.05, 0.1) is 0 Å². The number of nitro groups is 1. The first kappa shape index (κ1) is 12.0. The van der Waals surface area contributed by atoms with Crippen LogP contribution in [0.25, 0.3) is 4.96 Å². The van der Waals surface area contributed by atoms with E-state index in [9.17, 15) is 10.1 Å². The fourth-order valence-corrected chi connectivity index (χ4v) is 2.60. The monoisotopic (exact) mass is 254 g/mol. The molecule has 2 heterocycles. The average Bonchev–Trinajstić information content (AvgIpc) is 2.76. The highest BCUT2D eigenvalue weighted by atomic mass is 32.1. The third kappa shape index (κ3) is 2.29. The van der Waals surface area contributed by atoms with Crippen molar-refractivity contribution in [1.29, 1.82) is 0 Å². The van der Waals surface area contributed by atoms with Crippen LogP contribution >= 0.6 is 11.3 Å². The van der Waals surface area contributed by atoms with Crippen LogP contribution in [0, 0.1) is 10.1 Å². The largest absolute Gasteiger partial charge is 0.358 e. The molecule has 0 saturated heterocycles. The maximum absolute atomic E-state index is 11.0. The van der Waals surface area contributed by atoms with Crippen molar-refractivity contribution in [2.24, 2.45) is 5.73 Å². The summed E-state index contributed by atoms with van der Waals surface area (Å²) in [6, 6.07) is -0.0664. The van der Waals surface area contributed by atoms with E-state index in [0.29, 0.717) is 17.1 Å². The molecule has 0 aliphatic rings. The summed E-state index contributed by atoms with van der Waals surface area (Å²) in [4.78, 5) is 15.6. The lowest BCUT2D eigenvalue weighted by Crippen LogP contribution is -2.23. The summed E-state index contributed by atoms with van der Waals surface area (Å²) in [5, 5.41) is 12.8. The van der Waals surface area contributed by atoms with Crippen molar-refractivity contribution in [3.8, 4) is 0 Å². The lowest BCUT2D eigenvalue weighted by Gasteiger charge is -2.07. The van der Waals surface area contributed by atoms with Gasteiger partial charge >= 0.3 is 5.82 Å². The van der Waals surface area contributed by atoms with Gasteiger partial charge in [0.1, 0.15) is 11.9 Å². The molecule has 2 aromatic rings. The van der Waals surface area contributed by atoms with E-state index in [1.807, 2.05) is 6.92 Å². The summed E-state index contributed by atoms with van der Waals surface area (Å²) in [6.07, 6.45) is 3.94. The summed E-state index contributed by atoms with van der Waals surface area (Å²) in [7, 11) is 0. The van der Waals surface area contributed by atoms with E-state index in [0.717, 1.165) is 12.8 Å². The maximum Gasteiger partial charge on any atom is 0.351 e. The summed E-state index contributed by atoms with van der Waals surface area (Å²) in [5.41, 5.74) is 6.40. The van der Waals surface area contributed by atoms with Gasteiger partial charge < -0.3 is 15.8 Å². The normalized spacial score (nSPS) is 13.1. The predicted octanol–water partition coefficient (Wildman–Crippen LogP) is 1.97. The Hall–Kier alpha value is -1.47. The molecule has 0 bridgehead atoms. The summed E-state index contributed by atoms with van der Waals surface area (Å²) < 4.78 is 1.51. The Morgan fingerprint density at radius 2 is 2.47 bits per heavy atom. The van der Waals surface area contributed by atoms with Crippen molar-refractivity contribution in [2.75, 3.05) is 0 Å². The zero-order valence-corrected chi connectivity index (χ0v) is 10.3. The molecule has 0 amide bonds. The van der Waals surface area contributed by atoms with Gasteiger partial charge in [-0.3, -0.25) is 0 Å². The lowest BCUT2D eigenvalue weighted by molar-refractivity contribution is -0.391. The van der Waals surface area contributed by atoms with Gasteiger partial charge in [0.15, 0.2) is 0 Å². The van der Waals surface area contributed by atoms with E-state index in [2.05, 4.69) is 4.98 Å². The highest BCUT2D eigenvalue weighted by Gasteiger charge is 2.24. The second-order valence-corrected chi connectivity index (χ2v) is 4.82. The van der Waals surface area contributed by atoms with Gasteiger partial charge in [0.2, 0.25) is 0 Å². The van der Waals surface area contributed by atoms with Crippen LogP contribution < -0.4 is 5.73 Å². The van der Waals surface area contributed by atoms with Gasteiger partial charge in [-0.05, 0) is 11.3 Å². The molecule has 0 aliphatic carbocycles. The second kappa shape index (κ2) is 4.80. The van der Waals surface area contributed by atoms with E-state index < -0.39 is 0 Å². The van der Waals surface area contributed by atoms with Crippen LogP contribution in [0.3, 0.4) is 0 Å². The average molecular weight is 254 g/mol. The molecule has 0 radical (unpaired) electrons. The van der Waals surface area contributed by atoms with E-state index in [1.54, 1.807) is 11.6 Å². The smallest absolute Gasteiger partial charge is 0.351 e. The zero-order valence-electron chi connectivity index (χ0n) is 9.50. The first-order valence-electron chi connectivity index (χ1n) is 5.48. The van der Waals surface area contributed by atoms with Gasteiger partial charge in [0, 0.05) is 17.8 Å². The Bertz CT molecular complexity index is 533. The highest BCUT2D eigenvalue weighted by molar-refractivity contribution is 7.15. The van der Waals surface area contributed by atoms with Gasteiger partial charge in [-0.15, -0.1) is 0 Å². The van der Waals surface area contributed by atoms with Crippen LogP contribution in [0.2, 0.25) is 0 Å². The molecule has 92 valence electrons. The van der Waals surface area contributed by atoms with Crippen molar-refractivity contribution in [3.05, 3.63) is 27.4 Å². The van der Waals surface area contributed by atoms with Crippen LogP contribution in [-0.4, -0.2) is 20.3 Å². The molecule has 0 spiro atoms. The molecule has 0 saturated carbocycles. The highest BCUT2D eigenvalue weighted by Crippen LogP contribution is 2.25. The zero-order chi connectivity index (χ0) is 12.4. The molecule has 1 atom stereocenters. The molecule has 0 aromatic carbocycles. The number of imidazole rings is 1. The predicted molar refractivity (Wildman–Crippen MR) is 66.3 cm³/mol. The first-order valence-corrected chi connectivity index (χ1v) is 6.35. The summed E-state index contributed by atoms with van der Waals surface area (Å²) >= 11 is 1.39. The molecule has 0 aliphatic heterocycles. The Morgan fingerprint density at radius 3 is 3.12 bits per heavy atom. The number of nitrogens with zero attached hydrogens (tertiary/aromatic N) is 3. The van der Waals surface area contributed by atoms with Gasteiger partial charge in [0.25, 0.3) is 4.96 Å². The van der Waals surface area contributed by atoms with Crippen molar-refractivity contribution >= 4 is 22.1 Å². The van der Waals surface area contributed by atoms with Crippen molar-refractivity contribution in [3.63, 3.8) is 0 Å². The maximum atomic E-state index is 11.0. The van der Waals surface area contributed by atoms with E-state index in [-0.39, 0.29) is 16.8 Å². The minimum Gasteiger partial charge on any atom is -0.358 e. The molecule has 2 aromatic heterocycles. The minimum absolute atomic E-state index is 0.0489. The van der Waals surface area contributed by atoms with Crippen LogP contribution in [0.1, 0.15) is 25.5 Å². The number of fused-ring (bicyclic) bond motifs is 1. The fourth-order valence-electron chi connectivity index (χ4n) is 1.87. The fraction of sp³-hybridized carbons (Fsp3) is 0.500. The quantitative estimate of drug-likeness (QED) is 0.652. The number of nitrogens with two attached hydrogens (primary N) is 1. The van der Waals surface area contributed by atoms with E-state index in [4.69, 9.17) is 5.73 Å². The Kier molecular flexibility index (Phi) is 3.39. The third-order valence-corrected chi connectivity index (χ3v) is 3.35. The molecule has 2 N–H and O–H groups in total. The molecule has 1 unspecified atom stereocenters. The summed E-state index contributed by atoms with van der Waals surface area (Å²) in [6.45, 7) is 2.04. The van der Waals surface area contributed by atoms with Crippen molar-refractivity contribution in [1.82, 2.24) is 9.38 Å². The number of aromatic nitrogens is 2. The van der Waals surface area contributed by atoms with Crippen molar-refractivity contribution in [2.45, 2.75) is 32.2 Å². The number of hydrogen-bond donors (Lipinski definition) is 1. The minimum atomic E-state index is -0.388. The first-order chi connectivity index (χ1) is 8.13. The summed E-state index contributed by atoms with van der Waals surface area (Å²) in [5.74, 6) is 0.0489. The van der Waals surface area contributed by atoms with Crippen LogP contribution in [0.15, 0.2) is 11.6 Å². The standard InChI is InChI=1S/C10H14N4O2S/c1-2-3-7(11)6-8-9(14(15)16)13-4-5-17-10(13)12-8/h4-5,7H,2-3,6,11H2,1H3. The Balaban J connectivity index is 2.35. The van der Waals surface area contributed by atoms with Gasteiger partial charge in [-0.1, -0.05) is 24.7 Å². The van der Waals surface area contributed by atoms with Crippen LogP contribution in [0.4, 0.5) is 5.82 Å². The number of thiazole rings is 1. The van der Waals surface area contributed by atoms with Crippen LogP contribution in [-0.2, 0) is 6.42 Å². The topological polar surface area (TPSA) is 86.5 Å². The molecule has 6 nitrogen and oxygen atoms in total.